The number of β-amino-alcohol motifs (C(OH)–C–C–N with tert-alkyl or cyclic N) is 1. The van der Waals surface area contributed by atoms with Crippen LogP contribution < -0.4 is 10.2 Å². The lowest BCUT2D eigenvalue weighted by molar-refractivity contribution is 0.198. The van der Waals surface area contributed by atoms with E-state index in [1.165, 1.54) is 12.4 Å². The van der Waals surface area contributed by atoms with E-state index in [9.17, 15) is 13.5 Å². The van der Waals surface area contributed by atoms with Gasteiger partial charge in [0.15, 0.2) is 11.6 Å². The number of anilines is 3. The lowest BCUT2D eigenvalue weighted by atomic mass is 10.2. The molecule has 0 radical (unpaired) electrons. The number of fused-ring (bicyclic) bond motifs is 1. The average Bonchev–Trinajstić information content (AvgIpc) is 3.27. The molecule has 4 aromatic rings. The van der Waals surface area contributed by atoms with Crippen molar-refractivity contribution in [2.45, 2.75) is 50.5 Å². The number of aromatic nitrogens is 7. The molecular weight excluding hydrogens is 482 g/mol. The number of pyridine rings is 1. The Morgan fingerprint density at radius 2 is 1.97 bits per heavy atom. The van der Waals surface area contributed by atoms with Crippen LogP contribution in [0.25, 0.3) is 22.3 Å². The molecule has 6 rings (SSSR count). The first-order valence-electron chi connectivity index (χ1n) is 12.0. The van der Waals surface area contributed by atoms with Gasteiger partial charge in [-0.1, -0.05) is 0 Å². The Labute approximate surface area is 208 Å². The fraction of sp³-hybridized carbons (Fsp3) is 0.435. The smallest absolute Gasteiger partial charge is 0.256 e. The van der Waals surface area contributed by atoms with Crippen LogP contribution in [0.3, 0.4) is 0 Å². The number of aliphatic hydroxyl groups excluding tert-OH is 1. The first-order valence-corrected chi connectivity index (χ1v) is 13.5. The van der Waals surface area contributed by atoms with E-state index < -0.39 is 10.0 Å². The second-order valence-electron chi connectivity index (χ2n) is 9.57. The molecule has 13 heteroatoms. The van der Waals surface area contributed by atoms with E-state index in [1.54, 1.807) is 18.5 Å². The van der Waals surface area contributed by atoms with E-state index in [0.29, 0.717) is 42.4 Å². The Hall–Kier alpha value is -3.58. The highest BCUT2D eigenvalue weighted by Crippen LogP contribution is 2.32. The number of nitrogens with zero attached hydrogens (tertiary/aromatic N) is 8. The monoisotopic (exact) mass is 509 g/mol. The largest absolute Gasteiger partial charge is 0.391 e. The van der Waals surface area contributed by atoms with Crippen LogP contribution in [0.4, 0.5) is 17.5 Å². The minimum absolute atomic E-state index is 0.137. The third kappa shape index (κ3) is 4.07. The van der Waals surface area contributed by atoms with Crippen molar-refractivity contribution in [2.75, 3.05) is 23.3 Å². The topological polar surface area (TPSA) is 144 Å². The van der Waals surface area contributed by atoms with Gasteiger partial charge in [-0.25, -0.2) is 23.4 Å². The Balaban J connectivity index is 1.29. The molecule has 0 bridgehead atoms. The van der Waals surface area contributed by atoms with Crippen LogP contribution in [-0.2, 0) is 10.0 Å². The van der Waals surface area contributed by atoms with Gasteiger partial charge in [0.25, 0.3) is 10.0 Å². The second-order valence-corrected chi connectivity index (χ2v) is 11.6. The van der Waals surface area contributed by atoms with Gasteiger partial charge < -0.3 is 15.3 Å². The zero-order valence-electron chi connectivity index (χ0n) is 20.0. The van der Waals surface area contributed by atoms with E-state index in [4.69, 9.17) is 5.10 Å². The maximum absolute atomic E-state index is 12.4. The van der Waals surface area contributed by atoms with Gasteiger partial charge in [0.1, 0.15) is 11.6 Å². The molecule has 4 aromatic heterocycles. The van der Waals surface area contributed by atoms with Crippen molar-refractivity contribution >= 4 is 38.4 Å². The summed E-state index contributed by atoms with van der Waals surface area (Å²) in [5, 5.41) is 22.6. The minimum Gasteiger partial charge on any atom is -0.391 e. The quantitative estimate of drug-likeness (QED) is 0.381. The van der Waals surface area contributed by atoms with Crippen LogP contribution in [-0.4, -0.2) is 71.9 Å². The van der Waals surface area contributed by atoms with E-state index in [-0.39, 0.29) is 17.4 Å². The van der Waals surface area contributed by atoms with E-state index in [2.05, 4.69) is 44.1 Å². The summed E-state index contributed by atoms with van der Waals surface area (Å²) in [6.07, 6.45) is 8.03. The minimum atomic E-state index is -3.45. The normalized spacial score (nSPS) is 18.4. The number of hydrogen-bond acceptors (Lipinski definition) is 10. The Kier molecular flexibility index (Phi) is 5.41. The van der Waals surface area contributed by atoms with E-state index in [0.717, 1.165) is 33.8 Å². The molecule has 1 unspecified atom stereocenters. The van der Waals surface area contributed by atoms with Crippen LogP contribution in [0, 0.1) is 0 Å². The third-order valence-electron chi connectivity index (χ3n) is 6.46. The maximum atomic E-state index is 12.4. The molecule has 36 heavy (non-hydrogen) atoms. The molecule has 1 atom stereocenters. The van der Waals surface area contributed by atoms with Gasteiger partial charge in [0.2, 0.25) is 0 Å². The molecule has 0 aromatic carbocycles. The number of aliphatic hydroxyl groups is 1. The zero-order valence-corrected chi connectivity index (χ0v) is 20.8. The Morgan fingerprint density at radius 1 is 1.14 bits per heavy atom. The molecule has 5 heterocycles. The van der Waals surface area contributed by atoms with Crippen molar-refractivity contribution in [2.24, 2.45) is 0 Å². The molecule has 0 spiro atoms. The average molecular weight is 510 g/mol. The summed E-state index contributed by atoms with van der Waals surface area (Å²) in [5.41, 5.74) is 1.45. The van der Waals surface area contributed by atoms with Crippen LogP contribution in [0.2, 0.25) is 0 Å². The third-order valence-corrected chi connectivity index (χ3v) is 8.50. The van der Waals surface area contributed by atoms with Crippen LogP contribution in [0.15, 0.2) is 36.9 Å². The van der Waals surface area contributed by atoms with Gasteiger partial charge in [0.05, 0.1) is 40.2 Å². The highest BCUT2D eigenvalue weighted by Gasteiger charge is 2.37. The SMILES string of the molecule is CC(C)n1nc(N2CCC(O)C2)c2cnc(Nc3ccnc(-c4cnn(S(=O)(=O)C5CC5)c4)n3)cc21. The van der Waals surface area contributed by atoms with Crippen molar-refractivity contribution in [3.63, 3.8) is 0 Å². The fourth-order valence-corrected chi connectivity index (χ4v) is 5.90. The van der Waals surface area contributed by atoms with Crippen molar-refractivity contribution in [3.05, 3.63) is 36.9 Å². The maximum Gasteiger partial charge on any atom is 0.256 e. The summed E-state index contributed by atoms with van der Waals surface area (Å²) in [7, 11) is -3.45. The molecular formula is C23H27N9O3S. The Morgan fingerprint density at radius 3 is 2.69 bits per heavy atom. The molecule has 188 valence electrons. The fourth-order valence-electron chi connectivity index (χ4n) is 4.42. The predicted octanol–water partition coefficient (Wildman–Crippen LogP) is 2.32. The standard InChI is InChI=1S/C23H27N9O3S/c1-14(2)32-19-9-21(25-11-18(19)23(29-32)30-8-6-16(33)13-30)27-20-5-7-24-22(28-20)15-10-26-31(12-15)36(34,35)17-3-4-17/h5,7,9-12,14,16-17,33H,3-4,6,8,13H2,1-2H3,(H,24,25,27,28). The van der Waals surface area contributed by atoms with Crippen molar-refractivity contribution in [1.82, 2.24) is 33.9 Å². The molecule has 2 fully saturated rings. The van der Waals surface area contributed by atoms with Gasteiger partial charge >= 0.3 is 0 Å². The van der Waals surface area contributed by atoms with Crippen molar-refractivity contribution < 1.29 is 13.5 Å². The highest BCUT2D eigenvalue weighted by molar-refractivity contribution is 7.90. The summed E-state index contributed by atoms with van der Waals surface area (Å²) in [6.45, 7) is 5.46. The molecule has 12 nitrogen and oxygen atoms in total. The predicted molar refractivity (Wildman–Crippen MR) is 135 cm³/mol. The zero-order chi connectivity index (χ0) is 25.0. The number of hydrogen-bond donors (Lipinski definition) is 2. The van der Waals surface area contributed by atoms with Crippen LogP contribution in [0.5, 0.6) is 0 Å². The van der Waals surface area contributed by atoms with E-state index >= 15 is 0 Å². The molecule has 1 saturated carbocycles. The first kappa shape index (κ1) is 22.9. The molecule has 0 amide bonds. The number of nitrogens with one attached hydrogen (secondary N) is 1. The van der Waals surface area contributed by atoms with Crippen LogP contribution >= 0.6 is 0 Å². The summed E-state index contributed by atoms with van der Waals surface area (Å²) < 4.78 is 27.9. The number of rotatable bonds is 7. The summed E-state index contributed by atoms with van der Waals surface area (Å²) in [6, 6.07) is 3.79. The lowest BCUT2D eigenvalue weighted by Crippen LogP contribution is -2.22. The Bertz CT molecular complexity index is 1540. The lowest BCUT2D eigenvalue weighted by Gasteiger charge is -2.14. The van der Waals surface area contributed by atoms with Crippen molar-refractivity contribution in [3.8, 4) is 11.4 Å². The van der Waals surface area contributed by atoms with Gasteiger partial charge in [0, 0.05) is 37.6 Å². The van der Waals surface area contributed by atoms with Gasteiger partial charge in [-0.2, -0.15) is 14.3 Å². The summed E-state index contributed by atoms with van der Waals surface area (Å²) >= 11 is 0. The van der Waals surface area contributed by atoms with Crippen LogP contribution in [0.1, 0.15) is 39.2 Å². The second kappa shape index (κ2) is 8.52. The molecule has 2 aliphatic rings. The summed E-state index contributed by atoms with van der Waals surface area (Å²) in [4.78, 5) is 15.5. The van der Waals surface area contributed by atoms with Crippen molar-refractivity contribution in [1.29, 1.82) is 0 Å². The van der Waals surface area contributed by atoms with Gasteiger partial charge in [-0.15, -0.1) is 0 Å². The molecule has 1 aliphatic carbocycles. The molecule has 2 N–H and O–H groups in total. The summed E-state index contributed by atoms with van der Waals surface area (Å²) in [5.74, 6) is 2.30. The van der Waals surface area contributed by atoms with Gasteiger partial charge in [-0.3, -0.25) is 4.68 Å². The van der Waals surface area contributed by atoms with E-state index in [1.807, 2.05) is 10.7 Å². The highest BCUT2D eigenvalue weighted by atomic mass is 32.2. The van der Waals surface area contributed by atoms with Gasteiger partial charge in [-0.05, 0) is 39.2 Å². The molecule has 1 saturated heterocycles. The molecule has 1 aliphatic heterocycles. The first-order chi connectivity index (χ1) is 17.3.